The Labute approximate surface area is 111 Å². The normalized spacial score (nSPS) is 11.7. The predicted octanol–water partition coefficient (Wildman–Crippen LogP) is 2.07. The summed E-state index contributed by atoms with van der Waals surface area (Å²) < 4.78 is 25.9. The molecule has 7 heteroatoms. The lowest BCUT2D eigenvalue weighted by atomic mass is 10.2. The van der Waals surface area contributed by atoms with E-state index in [-0.39, 0.29) is 5.92 Å². The average Bonchev–Trinajstić information content (AvgIpc) is 2.37. The highest BCUT2D eigenvalue weighted by Crippen LogP contribution is 2.19. The first kappa shape index (κ1) is 15.6. The third-order valence-electron chi connectivity index (χ3n) is 2.38. The summed E-state index contributed by atoms with van der Waals surface area (Å²) in [6, 6.07) is 1.57. The summed E-state index contributed by atoms with van der Waals surface area (Å²) in [5.41, 5.74) is 0. The van der Waals surface area contributed by atoms with Gasteiger partial charge in [0.2, 0.25) is 0 Å². The van der Waals surface area contributed by atoms with Crippen LogP contribution in [0.15, 0.2) is 6.07 Å². The van der Waals surface area contributed by atoms with E-state index < -0.39 is 19.1 Å². The molecule has 0 saturated heterocycles. The molecule has 0 aliphatic rings. The molecule has 0 atom stereocenters. The van der Waals surface area contributed by atoms with E-state index in [1.807, 2.05) is 20.8 Å². The van der Waals surface area contributed by atoms with Crippen LogP contribution in [0.4, 0.5) is 20.4 Å². The fraction of sp³-hybridized carbons (Fsp3) is 0.667. The Morgan fingerprint density at radius 3 is 2.32 bits per heavy atom. The highest BCUT2D eigenvalue weighted by molar-refractivity contribution is 5.48. The average molecular weight is 274 g/mol. The molecule has 1 rings (SSSR count). The maximum Gasteiger partial charge on any atom is 0.287 e. The van der Waals surface area contributed by atoms with Crippen molar-refractivity contribution >= 4 is 11.6 Å². The van der Waals surface area contributed by atoms with Crippen molar-refractivity contribution in [2.45, 2.75) is 32.6 Å². The Morgan fingerprint density at radius 2 is 1.84 bits per heavy atom. The van der Waals surface area contributed by atoms with Crippen molar-refractivity contribution in [1.82, 2.24) is 9.97 Å². The van der Waals surface area contributed by atoms with Crippen LogP contribution in [-0.4, -0.2) is 40.7 Å². The fourth-order valence-corrected chi connectivity index (χ4v) is 1.36. The van der Waals surface area contributed by atoms with Crippen LogP contribution in [-0.2, 0) is 0 Å². The number of halogens is 2. The Morgan fingerprint density at radius 1 is 1.26 bits per heavy atom. The molecule has 0 aromatic carbocycles. The van der Waals surface area contributed by atoms with Crippen molar-refractivity contribution < 1.29 is 13.9 Å². The van der Waals surface area contributed by atoms with Gasteiger partial charge in [0.25, 0.3) is 5.92 Å². The minimum atomic E-state index is -3.17. The monoisotopic (exact) mass is 274 g/mol. The van der Waals surface area contributed by atoms with Gasteiger partial charge in [-0.15, -0.1) is 0 Å². The molecule has 0 aliphatic carbocycles. The van der Waals surface area contributed by atoms with Gasteiger partial charge in [0.05, 0.1) is 6.54 Å². The smallest absolute Gasteiger partial charge is 0.287 e. The summed E-state index contributed by atoms with van der Waals surface area (Å²) >= 11 is 0. The lowest BCUT2D eigenvalue weighted by Gasteiger charge is -2.16. The zero-order chi connectivity index (χ0) is 14.5. The van der Waals surface area contributed by atoms with E-state index >= 15 is 0 Å². The number of nitrogens with one attached hydrogen (secondary N) is 2. The van der Waals surface area contributed by atoms with Gasteiger partial charge < -0.3 is 15.7 Å². The molecule has 0 spiro atoms. The van der Waals surface area contributed by atoms with Crippen LogP contribution in [0.5, 0.6) is 0 Å². The summed E-state index contributed by atoms with van der Waals surface area (Å²) in [6.07, 6.45) is 0. The van der Waals surface area contributed by atoms with Gasteiger partial charge in [-0.2, -0.15) is 0 Å². The highest BCUT2D eigenvalue weighted by Gasteiger charge is 2.27. The molecular formula is C12H20F2N4O. The first-order valence-corrected chi connectivity index (χ1v) is 6.23. The van der Waals surface area contributed by atoms with Crippen molar-refractivity contribution in [2.24, 2.45) is 0 Å². The SMILES string of the molecule is CCNc1cc(NCC(F)(F)CO)nc(C(C)C)n1. The van der Waals surface area contributed by atoms with Crippen LogP contribution >= 0.6 is 0 Å². The molecular weight excluding hydrogens is 254 g/mol. The molecule has 0 saturated carbocycles. The van der Waals surface area contributed by atoms with Crippen LogP contribution in [0.25, 0.3) is 0 Å². The van der Waals surface area contributed by atoms with Gasteiger partial charge >= 0.3 is 0 Å². The number of aromatic nitrogens is 2. The number of aliphatic hydroxyl groups is 1. The summed E-state index contributed by atoms with van der Waals surface area (Å²) in [4.78, 5) is 8.46. The zero-order valence-electron chi connectivity index (χ0n) is 11.4. The second-order valence-electron chi connectivity index (χ2n) is 4.55. The third-order valence-corrected chi connectivity index (χ3v) is 2.38. The molecule has 1 aromatic heterocycles. The van der Waals surface area contributed by atoms with Gasteiger partial charge in [0.1, 0.15) is 24.1 Å². The van der Waals surface area contributed by atoms with Gasteiger partial charge in [0, 0.05) is 18.5 Å². The minimum absolute atomic E-state index is 0.0949. The van der Waals surface area contributed by atoms with Gasteiger partial charge in [-0.1, -0.05) is 13.8 Å². The van der Waals surface area contributed by atoms with Crippen molar-refractivity contribution in [2.75, 3.05) is 30.3 Å². The number of hydrogen-bond donors (Lipinski definition) is 3. The third kappa shape index (κ3) is 4.94. The van der Waals surface area contributed by atoms with Crippen molar-refractivity contribution in [1.29, 1.82) is 0 Å². The van der Waals surface area contributed by atoms with Crippen LogP contribution in [0.3, 0.4) is 0 Å². The Kier molecular flexibility index (Phi) is 5.41. The topological polar surface area (TPSA) is 70.1 Å². The molecule has 0 amide bonds. The van der Waals surface area contributed by atoms with E-state index in [0.717, 1.165) is 0 Å². The molecule has 0 aliphatic heterocycles. The molecule has 0 unspecified atom stereocenters. The summed E-state index contributed by atoms with van der Waals surface area (Å²) in [7, 11) is 0. The molecule has 1 heterocycles. The number of aliphatic hydroxyl groups excluding tert-OH is 1. The largest absolute Gasteiger partial charge is 0.390 e. The van der Waals surface area contributed by atoms with Crippen LogP contribution in [0, 0.1) is 0 Å². The number of alkyl halides is 2. The first-order valence-electron chi connectivity index (χ1n) is 6.23. The second kappa shape index (κ2) is 6.60. The van der Waals surface area contributed by atoms with Crippen molar-refractivity contribution in [3.63, 3.8) is 0 Å². The summed E-state index contributed by atoms with van der Waals surface area (Å²) in [6.45, 7) is 4.60. The number of rotatable bonds is 7. The summed E-state index contributed by atoms with van der Waals surface area (Å²) in [5, 5.41) is 14.1. The minimum Gasteiger partial charge on any atom is -0.390 e. The molecule has 108 valence electrons. The molecule has 3 N–H and O–H groups in total. The Bertz CT molecular complexity index is 413. The zero-order valence-corrected chi connectivity index (χ0v) is 11.4. The molecule has 0 fully saturated rings. The fourth-order valence-electron chi connectivity index (χ4n) is 1.36. The second-order valence-corrected chi connectivity index (χ2v) is 4.55. The Balaban J connectivity index is 2.87. The van der Waals surface area contributed by atoms with E-state index in [9.17, 15) is 8.78 Å². The standard InChI is InChI=1S/C12H20F2N4O/c1-4-15-9-5-10(16-6-12(13,14)7-19)18-11(17-9)8(2)3/h5,8,19H,4,6-7H2,1-3H3,(H2,15,16,17,18). The lowest BCUT2D eigenvalue weighted by Crippen LogP contribution is -2.31. The van der Waals surface area contributed by atoms with E-state index in [1.165, 1.54) is 0 Å². The number of nitrogens with zero attached hydrogens (tertiary/aromatic N) is 2. The summed E-state index contributed by atoms with van der Waals surface area (Å²) in [5.74, 6) is -1.58. The van der Waals surface area contributed by atoms with Crippen LogP contribution in [0.2, 0.25) is 0 Å². The van der Waals surface area contributed by atoms with E-state index in [2.05, 4.69) is 20.6 Å². The molecule has 0 bridgehead atoms. The predicted molar refractivity (Wildman–Crippen MR) is 70.8 cm³/mol. The lowest BCUT2D eigenvalue weighted by molar-refractivity contribution is -0.0373. The van der Waals surface area contributed by atoms with Crippen LogP contribution < -0.4 is 10.6 Å². The quantitative estimate of drug-likeness (QED) is 0.710. The maximum absolute atomic E-state index is 13.0. The van der Waals surface area contributed by atoms with Gasteiger partial charge in [-0.05, 0) is 6.92 Å². The van der Waals surface area contributed by atoms with Crippen molar-refractivity contribution in [3.05, 3.63) is 11.9 Å². The van der Waals surface area contributed by atoms with Gasteiger partial charge in [-0.3, -0.25) is 0 Å². The Hall–Kier alpha value is -1.50. The molecule has 5 nitrogen and oxygen atoms in total. The highest BCUT2D eigenvalue weighted by atomic mass is 19.3. The van der Waals surface area contributed by atoms with Crippen molar-refractivity contribution in [3.8, 4) is 0 Å². The van der Waals surface area contributed by atoms with Gasteiger partial charge in [0.15, 0.2) is 0 Å². The maximum atomic E-state index is 13.0. The number of anilines is 2. The molecule has 1 aromatic rings. The van der Waals surface area contributed by atoms with Crippen LogP contribution in [0.1, 0.15) is 32.5 Å². The van der Waals surface area contributed by atoms with E-state index in [4.69, 9.17) is 5.11 Å². The number of hydrogen-bond acceptors (Lipinski definition) is 5. The van der Waals surface area contributed by atoms with E-state index in [1.54, 1.807) is 6.07 Å². The molecule has 19 heavy (non-hydrogen) atoms. The molecule has 0 radical (unpaired) electrons. The van der Waals surface area contributed by atoms with E-state index in [0.29, 0.717) is 24.0 Å². The first-order chi connectivity index (χ1) is 8.88. The van der Waals surface area contributed by atoms with Gasteiger partial charge in [-0.25, -0.2) is 18.7 Å².